The number of alkyl carbamates (subject to hydrolysis) is 2. The molecule has 0 radical (unpaired) electrons. The first-order valence-electron chi connectivity index (χ1n) is 10.2. The van der Waals surface area contributed by atoms with Crippen molar-refractivity contribution in [3.63, 3.8) is 0 Å². The Morgan fingerprint density at radius 2 is 1.03 bits per heavy atom. The fraction of sp³-hybridized carbons (Fsp3) is 0.571. The van der Waals surface area contributed by atoms with Gasteiger partial charge in [-0.2, -0.15) is 0 Å². The summed E-state index contributed by atoms with van der Waals surface area (Å²) in [6.07, 6.45) is -1.16. The quantitative estimate of drug-likeness (QED) is 0.439. The first-order chi connectivity index (χ1) is 14.8. The zero-order valence-electron chi connectivity index (χ0n) is 19.5. The summed E-state index contributed by atoms with van der Waals surface area (Å²) < 4.78 is 10.2. The molecule has 0 bridgehead atoms. The highest BCUT2D eigenvalue weighted by Crippen LogP contribution is 2.07. The molecule has 0 aliphatic carbocycles. The fourth-order valence-corrected chi connectivity index (χ4v) is 2.18. The number of carbonyl (C=O) groups is 4. The molecule has 4 N–H and O–H groups in total. The SMILES string of the molecule is CC(C)(C)OC(=O)NCCNC(=O)c1cccc(C(=O)NCCNC(=O)OC(C)(C)C)n1. The molecule has 4 amide bonds. The van der Waals surface area contributed by atoms with Crippen LogP contribution in [0.5, 0.6) is 0 Å². The molecule has 0 saturated heterocycles. The lowest BCUT2D eigenvalue weighted by Crippen LogP contribution is -2.38. The summed E-state index contributed by atoms with van der Waals surface area (Å²) in [5.41, 5.74) is -1.10. The highest BCUT2D eigenvalue weighted by Gasteiger charge is 2.17. The van der Waals surface area contributed by atoms with Crippen LogP contribution in [0, 0.1) is 0 Å². The minimum Gasteiger partial charge on any atom is -0.444 e. The summed E-state index contributed by atoms with van der Waals surface area (Å²) in [4.78, 5) is 51.6. The monoisotopic (exact) mass is 451 g/mol. The second-order valence-electron chi connectivity index (χ2n) is 8.78. The number of nitrogens with one attached hydrogen (secondary N) is 4. The number of hydrogen-bond donors (Lipinski definition) is 4. The molecule has 0 aromatic carbocycles. The summed E-state index contributed by atoms with van der Waals surface area (Å²) in [7, 11) is 0. The lowest BCUT2D eigenvalue weighted by Gasteiger charge is -2.19. The first kappa shape index (κ1) is 26.7. The van der Waals surface area contributed by atoms with Gasteiger partial charge >= 0.3 is 12.2 Å². The van der Waals surface area contributed by atoms with E-state index in [1.54, 1.807) is 41.5 Å². The summed E-state index contributed by atoms with van der Waals surface area (Å²) >= 11 is 0. The van der Waals surface area contributed by atoms with Crippen molar-refractivity contribution < 1.29 is 28.7 Å². The summed E-state index contributed by atoms with van der Waals surface area (Å²) in [5.74, 6) is -0.977. The topological polar surface area (TPSA) is 148 Å². The van der Waals surface area contributed by atoms with E-state index < -0.39 is 35.2 Å². The minimum absolute atomic E-state index is 0.0572. The van der Waals surface area contributed by atoms with Gasteiger partial charge in [0.15, 0.2) is 0 Å². The van der Waals surface area contributed by atoms with Crippen LogP contribution in [0.2, 0.25) is 0 Å². The van der Waals surface area contributed by atoms with Gasteiger partial charge in [-0.25, -0.2) is 14.6 Å². The highest BCUT2D eigenvalue weighted by atomic mass is 16.6. The van der Waals surface area contributed by atoms with E-state index in [0.717, 1.165) is 0 Å². The van der Waals surface area contributed by atoms with E-state index in [2.05, 4.69) is 26.3 Å². The van der Waals surface area contributed by atoms with Crippen molar-refractivity contribution in [3.8, 4) is 0 Å². The Bertz CT molecular complexity index is 750. The summed E-state index contributed by atoms with van der Waals surface area (Å²) in [5, 5.41) is 10.3. The lowest BCUT2D eigenvalue weighted by molar-refractivity contribution is 0.0516. The maximum absolute atomic E-state index is 12.2. The maximum Gasteiger partial charge on any atom is 0.407 e. The number of ether oxygens (including phenoxy) is 2. The molecule has 0 atom stereocenters. The van der Waals surface area contributed by atoms with Gasteiger partial charge in [0.05, 0.1) is 0 Å². The molecule has 11 nitrogen and oxygen atoms in total. The average molecular weight is 452 g/mol. The maximum atomic E-state index is 12.2. The van der Waals surface area contributed by atoms with Crippen molar-refractivity contribution in [1.29, 1.82) is 0 Å². The molecule has 1 heterocycles. The standard InChI is InChI=1S/C21H33N5O6/c1-20(2,3)31-18(29)24-12-10-22-16(27)14-8-7-9-15(26-14)17(28)23-11-13-25-19(30)32-21(4,5)6/h7-9H,10-13H2,1-6H3,(H,22,27)(H,23,28)(H,24,29)(H,25,30). The predicted octanol–water partition coefficient (Wildman–Crippen LogP) is 1.59. The van der Waals surface area contributed by atoms with Gasteiger partial charge in [0.1, 0.15) is 22.6 Å². The van der Waals surface area contributed by atoms with Crippen molar-refractivity contribution in [2.75, 3.05) is 26.2 Å². The Kier molecular flexibility index (Phi) is 9.89. The Morgan fingerprint density at radius 3 is 1.38 bits per heavy atom. The van der Waals surface area contributed by atoms with E-state index in [4.69, 9.17) is 9.47 Å². The van der Waals surface area contributed by atoms with Crippen molar-refractivity contribution >= 4 is 24.0 Å². The predicted molar refractivity (Wildman–Crippen MR) is 117 cm³/mol. The third kappa shape index (κ3) is 11.7. The lowest BCUT2D eigenvalue weighted by atomic mass is 10.2. The second kappa shape index (κ2) is 11.9. The summed E-state index contributed by atoms with van der Waals surface area (Å²) in [6, 6.07) is 4.48. The van der Waals surface area contributed by atoms with E-state index in [1.165, 1.54) is 18.2 Å². The molecule has 178 valence electrons. The van der Waals surface area contributed by atoms with E-state index >= 15 is 0 Å². The van der Waals surface area contributed by atoms with Crippen LogP contribution in [0.4, 0.5) is 9.59 Å². The van der Waals surface area contributed by atoms with Gasteiger partial charge in [0.2, 0.25) is 0 Å². The molecule has 0 aliphatic rings. The number of nitrogens with zero attached hydrogens (tertiary/aromatic N) is 1. The van der Waals surface area contributed by atoms with Crippen molar-refractivity contribution in [2.45, 2.75) is 52.7 Å². The number of amides is 4. The van der Waals surface area contributed by atoms with E-state index in [0.29, 0.717) is 0 Å². The summed E-state index contributed by atoms with van der Waals surface area (Å²) in [6.45, 7) is 11.2. The second-order valence-corrected chi connectivity index (χ2v) is 8.78. The van der Waals surface area contributed by atoms with Crippen molar-refractivity contribution in [2.24, 2.45) is 0 Å². The van der Waals surface area contributed by atoms with Crippen molar-refractivity contribution in [1.82, 2.24) is 26.3 Å². The van der Waals surface area contributed by atoms with Crippen LogP contribution in [0.25, 0.3) is 0 Å². The van der Waals surface area contributed by atoms with E-state index in [-0.39, 0.29) is 37.6 Å². The zero-order chi connectivity index (χ0) is 24.4. The van der Waals surface area contributed by atoms with E-state index in [1.807, 2.05) is 0 Å². The van der Waals surface area contributed by atoms with E-state index in [9.17, 15) is 19.2 Å². The van der Waals surface area contributed by atoms with Crippen molar-refractivity contribution in [3.05, 3.63) is 29.6 Å². The Hall–Kier alpha value is -3.37. The largest absolute Gasteiger partial charge is 0.444 e. The molecule has 1 aromatic heterocycles. The van der Waals surface area contributed by atoms with Gasteiger partial charge in [-0.15, -0.1) is 0 Å². The average Bonchev–Trinajstić information content (AvgIpc) is 2.65. The van der Waals surface area contributed by atoms with Crippen LogP contribution < -0.4 is 21.3 Å². The third-order valence-electron chi connectivity index (χ3n) is 3.37. The van der Waals surface area contributed by atoms with Gasteiger partial charge in [0.25, 0.3) is 11.8 Å². The molecule has 0 aliphatic heterocycles. The number of carbonyl (C=O) groups excluding carboxylic acids is 4. The molecule has 0 spiro atoms. The zero-order valence-corrected chi connectivity index (χ0v) is 19.5. The van der Waals surface area contributed by atoms with Crippen LogP contribution in [-0.4, -0.2) is 66.4 Å². The minimum atomic E-state index is -0.607. The van der Waals surface area contributed by atoms with Crippen LogP contribution in [-0.2, 0) is 9.47 Å². The normalized spacial score (nSPS) is 11.2. The van der Waals surface area contributed by atoms with Crippen LogP contribution in [0.15, 0.2) is 18.2 Å². The van der Waals surface area contributed by atoms with Gasteiger partial charge in [0, 0.05) is 26.2 Å². The molecule has 0 fully saturated rings. The van der Waals surface area contributed by atoms with Crippen LogP contribution in [0.1, 0.15) is 62.5 Å². The van der Waals surface area contributed by atoms with Crippen LogP contribution >= 0.6 is 0 Å². The van der Waals surface area contributed by atoms with Gasteiger partial charge < -0.3 is 30.7 Å². The van der Waals surface area contributed by atoms with Crippen LogP contribution in [0.3, 0.4) is 0 Å². The smallest absolute Gasteiger partial charge is 0.407 e. The van der Waals surface area contributed by atoms with Gasteiger partial charge in [-0.05, 0) is 53.7 Å². The number of rotatable bonds is 8. The Balaban J connectivity index is 2.41. The Labute approximate surface area is 188 Å². The molecule has 0 saturated carbocycles. The molecule has 11 heteroatoms. The molecule has 1 rings (SSSR count). The highest BCUT2D eigenvalue weighted by molar-refractivity contribution is 5.96. The third-order valence-corrected chi connectivity index (χ3v) is 3.37. The number of aromatic nitrogens is 1. The molecule has 0 unspecified atom stereocenters. The molecule has 32 heavy (non-hydrogen) atoms. The number of pyridine rings is 1. The molecule has 1 aromatic rings. The van der Waals surface area contributed by atoms with Gasteiger partial charge in [-0.1, -0.05) is 6.07 Å². The number of hydrogen-bond acceptors (Lipinski definition) is 7. The van der Waals surface area contributed by atoms with Gasteiger partial charge in [-0.3, -0.25) is 9.59 Å². The first-order valence-corrected chi connectivity index (χ1v) is 10.2. The molecular weight excluding hydrogens is 418 g/mol. The molecular formula is C21H33N5O6. The fourth-order valence-electron chi connectivity index (χ4n) is 2.18. The Morgan fingerprint density at radius 1 is 0.688 bits per heavy atom.